The summed E-state index contributed by atoms with van der Waals surface area (Å²) in [7, 11) is 0. The van der Waals surface area contributed by atoms with Crippen molar-refractivity contribution < 1.29 is 4.79 Å². The fraction of sp³-hybridized carbons (Fsp3) is 0.263. The molecule has 0 spiro atoms. The van der Waals surface area contributed by atoms with E-state index in [1.165, 1.54) is 5.56 Å². The second-order valence-electron chi connectivity index (χ2n) is 5.73. The highest BCUT2D eigenvalue weighted by Crippen LogP contribution is 2.19. The van der Waals surface area contributed by atoms with Crippen LogP contribution in [0.3, 0.4) is 0 Å². The van der Waals surface area contributed by atoms with Crippen molar-refractivity contribution in [1.29, 1.82) is 5.26 Å². The molecule has 0 aromatic heterocycles. The van der Waals surface area contributed by atoms with Gasteiger partial charge < -0.3 is 5.32 Å². The second kappa shape index (κ2) is 8.00. The molecule has 2 N–H and O–H groups in total. The van der Waals surface area contributed by atoms with E-state index in [4.69, 9.17) is 0 Å². The molecule has 0 unspecified atom stereocenters. The maximum atomic E-state index is 12.1. The third-order valence-electron chi connectivity index (χ3n) is 4.01. The van der Waals surface area contributed by atoms with Gasteiger partial charge in [-0.15, -0.1) is 11.8 Å². The first kappa shape index (κ1) is 16.6. The van der Waals surface area contributed by atoms with Crippen molar-refractivity contribution in [3.8, 4) is 17.2 Å². The highest BCUT2D eigenvalue weighted by atomic mass is 32.2. The van der Waals surface area contributed by atoms with Crippen LogP contribution in [0, 0.1) is 11.3 Å². The van der Waals surface area contributed by atoms with Crippen molar-refractivity contribution in [1.82, 2.24) is 10.6 Å². The molecule has 2 aromatic carbocycles. The minimum absolute atomic E-state index is 0.0903. The molecule has 0 bridgehead atoms. The molecule has 122 valence electrons. The van der Waals surface area contributed by atoms with Crippen LogP contribution in [0.5, 0.6) is 0 Å². The van der Waals surface area contributed by atoms with E-state index in [-0.39, 0.29) is 11.9 Å². The minimum Gasteiger partial charge on any atom is -0.339 e. The predicted octanol–water partition coefficient (Wildman–Crippen LogP) is 2.57. The van der Waals surface area contributed by atoms with Gasteiger partial charge in [0, 0.05) is 18.1 Å². The van der Waals surface area contributed by atoms with E-state index >= 15 is 0 Å². The molecule has 0 saturated carbocycles. The molecule has 1 fully saturated rings. The third-order valence-corrected chi connectivity index (χ3v) is 4.95. The zero-order valence-corrected chi connectivity index (χ0v) is 14.1. The third kappa shape index (κ3) is 4.16. The summed E-state index contributed by atoms with van der Waals surface area (Å²) < 4.78 is 0. The fourth-order valence-corrected chi connectivity index (χ4v) is 3.61. The monoisotopic (exact) mass is 337 g/mol. The molecule has 5 heteroatoms. The summed E-state index contributed by atoms with van der Waals surface area (Å²) >= 11 is 1.69. The molecular formula is C19H19N3OS. The van der Waals surface area contributed by atoms with E-state index in [2.05, 4.69) is 41.0 Å². The maximum Gasteiger partial charge on any atom is 0.239 e. The van der Waals surface area contributed by atoms with Gasteiger partial charge in [-0.3, -0.25) is 10.1 Å². The summed E-state index contributed by atoms with van der Waals surface area (Å²) in [6.45, 7) is 0. The molecule has 2 aromatic rings. The van der Waals surface area contributed by atoms with E-state index in [9.17, 15) is 10.1 Å². The van der Waals surface area contributed by atoms with Crippen molar-refractivity contribution in [2.75, 3.05) is 11.6 Å². The number of nitrogens with one attached hydrogen (secondary N) is 2. The molecule has 1 aliphatic rings. The molecule has 1 heterocycles. The summed E-state index contributed by atoms with van der Waals surface area (Å²) in [6.07, 6.45) is 0.511. The summed E-state index contributed by atoms with van der Waals surface area (Å²) in [5.74, 6) is 1.46. The number of benzene rings is 2. The Morgan fingerprint density at radius 1 is 1.21 bits per heavy atom. The highest BCUT2D eigenvalue weighted by molar-refractivity contribution is 7.99. The number of thioether (sulfide) groups is 1. The Morgan fingerprint density at radius 3 is 2.54 bits per heavy atom. The van der Waals surface area contributed by atoms with E-state index in [0.717, 1.165) is 22.8 Å². The Balaban J connectivity index is 1.61. The minimum atomic E-state index is -0.507. The lowest BCUT2D eigenvalue weighted by molar-refractivity contribution is -0.122. The fourth-order valence-electron chi connectivity index (χ4n) is 2.66. The normalized spacial score (nSPS) is 17.9. The molecule has 0 radical (unpaired) electrons. The SMILES string of the molecule is N#C[C@H](Cc1ccc(-c2ccccc2)cc1)NC(=O)[C@@H]1CSCN1. The van der Waals surface area contributed by atoms with Crippen LogP contribution in [0.15, 0.2) is 54.6 Å². The first-order valence-electron chi connectivity index (χ1n) is 7.92. The molecule has 1 aliphatic heterocycles. The molecule has 0 aliphatic carbocycles. The van der Waals surface area contributed by atoms with Crippen molar-refractivity contribution in [2.24, 2.45) is 0 Å². The first-order valence-corrected chi connectivity index (χ1v) is 9.07. The lowest BCUT2D eigenvalue weighted by Crippen LogP contribution is -2.46. The number of rotatable bonds is 5. The maximum absolute atomic E-state index is 12.1. The van der Waals surface area contributed by atoms with Gasteiger partial charge in [0.1, 0.15) is 6.04 Å². The van der Waals surface area contributed by atoms with Crippen molar-refractivity contribution >= 4 is 17.7 Å². The zero-order chi connectivity index (χ0) is 16.8. The Labute approximate surface area is 146 Å². The average Bonchev–Trinajstić information content (AvgIpc) is 3.17. The lowest BCUT2D eigenvalue weighted by Gasteiger charge is -2.15. The van der Waals surface area contributed by atoms with Gasteiger partial charge in [-0.05, 0) is 16.7 Å². The molecule has 1 saturated heterocycles. The lowest BCUT2D eigenvalue weighted by atomic mass is 10.0. The van der Waals surface area contributed by atoms with Crippen LogP contribution < -0.4 is 10.6 Å². The Kier molecular flexibility index (Phi) is 5.52. The number of hydrogen-bond acceptors (Lipinski definition) is 4. The van der Waals surface area contributed by atoms with Gasteiger partial charge >= 0.3 is 0 Å². The van der Waals surface area contributed by atoms with Crippen LogP contribution in [-0.2, 0) is 11.2 Å². The summed E-state index contributed by atoms with van der Waals surface area (Å²) in [4.78, 5) is 12.1. The van der Waals surface area contributed by atoms with Crippen LogP contribution in [-0.4, -0.2) is 29.6 Å². The zero-order valence-electron chi connectivity index (χ0n) is 13.2. The Bertz CT molecular complexity index is 719. The van der Waals surface area contributed by atoms with Crippen molar-refractivity contribution in [3.63, 3.8) is 0 Å². The number of carbonyl (C=O) groups is 1. The highest BCUT2D eigenvalue weighted by Gasteiger charge is 2.24. The molecule has 3 rings (SSSR count). The quantitative estimate of drug-likeness (QED) is 0.880. The number of hydrogen-bond donors (Lipinski definition) is 2. The van der Waals surface area contributed by atoms with Crippen molar-refractivity contribution in [2.45, 2.75) is 18.5 Å². The van der Waals surface area contributed by atoms with Crippen LogP contribution in [0.2, 0.25) is 0 Å². The number of nitriles is 1. The number of nitrogens with zero attached hydrogens (tertiary/aromatic N) is 1. The second-order valence-corrected chi connectivity index (χ2v) is 6.76. The van der Waals surface area contributed by atoms with Crippen LogP contribution in [0.4, 0.5) is 0 Å². The largest absolute Gasteiger partial charge is 0.339 e. The topological polar surface area (TPSA) is 64.9 Å². The molecule has 1 amide bonds. The van der Waals surface area contributed by atoms with Gasteiger partial charge in [0.15, 0.2) is 0 Å². The average molecular weight is 337 g/mol. The van der Waals surface area contributed by atoms with Gasteiger partial charge in [-0.1, -0.05) is 54.6 Å². The molecule has 4 nitrogen and oxygen atoms in total. The van der Waals surface area contributed by atoms with E-state index in [1.54, 1.807) is 11.8 Å². The van der Waals surface area contributed by atoms with Gasteiger partial charge in [-0.25, -0.2) is 0 Å². The van der Waals surface area contributed by atoms with E-state index < -0.39 is 6.04 Å². The molecule has 2 atom stereocenters. The van der Waals surface area contributed by atoms with Gasteiger partial charge in [0.05, 0.1) is 12.1 Å². The van der Waals surface area contributed by atoms with Crippen LogP contribution in [0.1, 0.15) is 5.56 Å². The van der Waals surface area contributed by atoms with E-state index in [0.29, 0.717) is 6.42 Å². The van der Waals surface area contributed by atoms with Crippen molar-refractivity contribution in [3.05, 3.63) is 60.2 Å². The van der Waals surface area contributed by atoms with E-state index in [1.807, 2.05) is 30.3 Å². The Morgan fingerprint density at radius 2 is 1.92 bits per heavy atom. The summed E-state index contributed by atoms with van der Waals surface area (Å²) in [5.41, 5.74) is 3.35. The number of carbonyl (C=O) groups excluding carboxylic acids is 1. The molecular weight excluding hydrogens is 318 g/mol. The predicted molar refractivity (Wildman–Crippen MR) is 97.4 cm³/mol. The first-order chi connectivity index (χ1) is 11.8. The standard InChI is InChI=1S/C19H19N3OS/c20-11-17(22-19(23)18-12-24-13-21-18)10-14-6-8-16(9-7-14)15-4-2-1-3-5-15/h1-9,17-18,21H,10,12-13H2,(H,22,23)/t17-,18-/m0/s1. The van der Waals surface area contributed by atoms with Gasteiger partial charge in [-0.2, -0.15) is 5.26 Å². The Hall–Kier alpha value is -2.29. The van der Waals surface area contributed by atoms with Crippen LogP contribution in [0.25, 0.3) is 11.1 Å². The van der Waals surface area contributed by atoms with Crippen LogP contribution >= 0.6 is 11.8 Å². The van der Waals surface area contributed by atoms with Gasteiger partial charge in [0.2, 0.25) is 5.91 Å². The summed E-state index contributed by atoms with van der Waals surface area (Å²) in [6, 6.07) is 19.8. The smallest absolute Gasteiger partial charge is 0.239 e. The molecule has 24 heavy (non-hydrogen) atoms. The van der Waals surface area contributed by atoms with Gasteiger partial charge in [0.25, 0.3) is 0 Å². The summed E-state index contributed by atoms with van der Waals surface area (Å²) in [5, 5.41) is 15.3. The number of amides is 1.